The van der Waals surface area contributed by atoms with Crippen molar-refractivity contribution in [3.63, 3.8) is 0 Å². The Morgan fingerprint density at radius 1 is 1.26 bits per heavy atom. The summed E-state index contributed by atoms with van der Waals surface area (Å²) in [5, 5.41) is 0. The summed E-state index contributed by atoms with van der Waals surface area (Å²) in [6.45, 7) is 10.5. The Labute approximate surface area is 117 Å². The first-order valence-electron chi connectivity index (χ1n) is 7.81. The van der Waals surface area contributed by atoms with E-state index in [0.717, 1.165) is 45.4 Å². The number of hydrogen-bond donors (Lipinski definition) is 1. The van der Waals surface area contributed by atoms with Gasteiger partial charge in [-0.3, -0.25) is 9.69 Å². The third-order valence-electron chi connectivity index (χ3n) is 5.01. The normalized spacial score (nSPS) is 37.4. The van der Waals surface area contributed by atoms with Crippen LogP contribution < -0.4 is 5.73 Å². The molecule has 4 unspecified atom stereocenters. The van der Waals surface area contributed by atoms with Gasteiger partial charge >= 0.3 is 0 Å². The van der Waals surface area contributed by atoms with Gasteiger partial charge in [-0.05, 0) is 38.6 Å². The molecule has 4 nitrogen and oxygen atoms in total. The lowest BCUT2D eigenvalue weighted by Gasteiger charge is -2.42. The summed E-state index contributed by atoms with van der Waals surface area (Å²) in [6, 6.07) is 0.791. The molecule has 110 valence electrons. The van der Waals surface area contributed by atoms with Crippen molar-refractivity contribution < 1.29 is 4.79 Å². The van der Waals surface area contributed by atoms with Gasteiger partial charge in [0.25, 0.3) is 0 Å². The SMILES string of the molecule is CCN1CCN(C(=O)C2CCC(N)CC2C)CC1C. The molecule has 2 rings (SSSR count). The molecule has 4 atom stereocenters. The van der Waals surface area contributed by atoms with E-state index in [0.29, 0.717) is 23.9 Å². The van der Waals surface area contributed by atoms with Crippen LogP contribution in [0.5, 0.6) is 0 Å². The molecule has 0 aromatic carbocycles. The maximum absolute atomic E-state index is 12.7. The molecular weight excluding hydrogens is 238 g/mol. The second-order valence-corrected chi connectivity index (χ2v) is 6.42. The summed E-state index contributed by atoms with van der Waals surface area (Å²) in [5.74, 6) is 1.03. The molecule has 1 saturated heterocycles. The maximum atomic E-state index is 12.7. The average molecular weight is 267 g/mol. The molecule has 19 heavy (non-hydrogen) atoms. The van der Waals surface area contributed by atoms with Crippen molar-refractivity contribution >= 4 is 5.91 Å². The van der Waals surface area contributed by atoms with Crippen LogP contribution in [0.15, 0.2) is 0 Å². The monoisotopic (exact) mass is 267 g/mol. The van der Waals surface area contributed by atoms with Crippen LogP contribution in [0.25, 0.3) is 0 Å². The first kappa shape index (κ1) is 14.8. The third-order valence-corrected chi connectivity index (χ3v) is 5.01. The number of carbonyl (C=O) groups excluding carboxylic acids is 1. The highest BCUT2D eigenvalue weighted by Crippen LogP contribution is 2.31. The number of piperazine rings is 1. The Morgan fingerprint density at radius 2 is 2.00 bits per heavy atom. The highest BCUT2D eigenvalue weighted by Gasteiger charge is 2.35. The maximum Gasteiger partial charge on any atom is 0.226 e. The lowest BCUT2D eigenvalue weighted by Crippen LogP contribution is -2.55. The molecule has 4 heteroatoms. The predicted molar refractivity (Wildman–Crippen MR) is 77.8 cm³/mol. The molecule has 0 spiro atoms. The molecule has 1 aliphatic carbocycles. The van der Waals surface area contributed by atoms with Crippen LogP contribution in [0, 0.1) is 11.8 Å². The van der Waals surface area contributed by atoms with Crippen molar-refractivity contribution in [1.82, 2.24) is 9.80 Å². The molecule has 1 heterocycles. The molecule has 2 aliphatic rings. The van der Waals surface area contributed by atoms with E-state index in [1.165, 1.54) is 0 Å². The van der Waals surface area contributed by atoms with Gasteiger partial charge in [-0.1, -0.05) is 13.8 Å². The smallest absolute Gasteiger partial charge is 0.226 e. The number of likely N-dealkylation sites (N-methyl/N-ethyl adjacent to an activating group) is 1. The summed E-state index contributed by atoms with van der Waals surface area (Å²) < 4.78 is 0. The second kappa shape index (κ2) is 6.23. The number of amides is 1. The van der Waals surface area contributed by atoms with E-state index in [-0.39, 0.29) is 5.92 Å². The molecule has 0 aromatic heterocycles. The fraction of sp³-hybridized carbons (Fsp3) is 0.933. The van der Waals surface area contributed by atoms with Crippen LogP contribution in [0.1, 0.15) is 40.0 Å². The van der Waals surface area contributed by atoms with Crippen molar-refractivity contribution in [2.75, 3.05) is 26.2 Å². The van der Waals surface area contributed by atoms with E-state index in [1.54, 1.807) is 0 Å². The lowest BCUT2D eigenvalue weighted by atomic mass is 9.77. The van der Waals surface area contributed by atoms with Crippen LogP contribution in [0.2, 0.25) is 0 Å². The Hall–Kier alpha value is -0.610. The number of nitrogens with zero attached hydrogens (tertiary/aromatic N) is 2. The third kappa shape index (κ3) is 3.29. The summed E-state index contributed by atoms with van der Waals surface area (Å²) in [4.78, 5) is 17.2. The Balaban J connectivity index is 1.93. The predicted octanol–water partition coefficient (Wildman–Crippen LogP) is 1.30. The number of nitrogens with two attached hydrogens (primary N) is 1. The molecule has 2 fully saturated rings. The zero-order chi connectivity index (χ0) is 14.0. The van der Waals surface area contributed by atoms with Crippen LogP contribution in [0.3, 0.4) is 0 Å². The van der Waals surface area contributed by atoms with Crippen molar-refractivity contribution in [3.05, 3.63) is 0 Å². The van der Waals surface area contributed by atoms with Gasteiger partial charge in [0.1, 0.15) is 0 Å². The largest absolute Gasteiger partial charge is 0.340 e. The quantitative estimate of drug-likeness (QED) is 0.820. The van der Waals surface area contributed by atoms with Gasteiger partial charge in [-0.25, -0.2) is 0 Å². The van der Waals surface area contributed by atoms with E-state index in [2.05, 4.69) is 30.6 Å². The molecule has 1 saturated carbocycles. The number of hydrogen-bond acceptors (Lipinski definition) is 3. The molecule has 0 aromatic rings. The number of rotatable bonds is 2. The van der Waals surface area contributed by atoms with E-state index in [4.69, 9.17) is 5.73 Å². The van der Waals surface area contributed by atoms with Gasteiger partial charge in [0.05, 0.1) is 0 Å². The summed E-state index contributed by atoms with van der Waals surface area (Å²) in [6.07, 6.45) is 2.98. The topological polar surface area (TPSA) is 49.6 Å². The van der Waals surface area contributed by atoms with Crippen molar-refractivity contribution in [2.45, 2.75) is 52.1 Å². The van der Waals surface area contributed by atoms with Crippen molar-refractivity contribution in [2.24, 2.45) is 17.6 Å². The Bertz CT molecular complexity index is 321. The molecule has 0 radical (unpaired) electrons. The molecule has 0 bridgehead atoms. The minimum absolute atomic E-state index is 0.208. The zero-order valence-electron chi connectivity index (χ0n) is 12.6. The summed E-state index contributed by atoms with van der Waals surface area (Å²) in [7, 11) is 0. The Morgan fingerprint density at radius 3 is 2.58 bits per heavy atom. The van der Waals surface area contributed by atoms with E-state index >= 15 is 0 Å². The van der Waals surface area contributed by atoms with Gasteiger partial charge in [0, 0.05) is 37.6 Å². The first-order chi connectivity index (χ1) is 9.02. The summed E-state index contributed by atoms with van der Waals surface area (Å²) >= 11 is 0. The van der Waals surface area contributed by atoms with Crippen LogP contribution in [-0.2, 0) is 4.79 Å². The van der Waals surface area contributed by atoms with Gasteiger partial charge in [0.15, 0.2) is 0 Å². The Kier molecular flexibility index (Phi) is 4.85. The van der Waals surface area contributed by atoms with Gasteiger partial charge in [0.2, 0.25) is 5.91 Å². The highest BCUT2D eigenvalue weighted by atomic mass is 16.2. The van der Waals surface area contributed by atoms with Crippen molar-refractivity contribution in [1.29, 1.82) is 0 Å². The molecule has 1 amide bonds. The fourth-order valence-corrected chi connectivity index (χ4v) is 3.70. The van der Waals surface area contributed by atoms with E-state index in [1.807, 2.05) is 0 Å². The fourth-order valence-electron chi connectivity index (χ4n) is 3.70. The van der Waals surface area contributed by atoms with Crippen LogP contribution in [0.4, 0.5) is 0 Å². The molecule has 1 aliphatic heterocycles. The van der Waals surface area contributed by atoms with Gasteiger partial charge < -0.3 is 10.6 Å². The lowest BCUT2D eigenvalue weighted by molar-refractivity contribution is -0.141. The molecular formula is C15H29N3O. The second-order valence-electron chi connectivity index (χ2n) is 6.42. The van der Waals surface area contributed by atoms with Crippen LogP contribution >= 0.6 is 0 Å². The first-order valence-corrected chi connectivity index (χ1v) is 7.81. The highest BCUT2D eigenvalue weighted by molar-refractivity contribution is 5.79. The van der Waals surface area contributed by atoms with Gasteiger partial charge in [-0.15, -0.1) is 0 Å². The van der Waals surface area contributed by atoms with E-state index < -0.39 is 0 Å². The minimum Gasteiger partial charge on any atom is -0.340 e. The number of carbonyl (C=O) groups is 1. The van der Waals surface area contributed by atoms with Gasteiger partial charge in [-0.2, -0.15) is 0 Å². The minimum atomic E-state index is 0.208. The standard InChI is InChI=1S/C15H29N3O/c1-4-17-7-8-18(10-12(17)3)15(19)14-6-5-13(16)9-11(14)2/h11-14H,4-10,16H2,1-3H3. The zero-order valence-corrected chi connectivity index (χ0v) is 12.6. The average Bonchev–Trinajstić information content (AvgIpc) is 2.38. The van der Waals surface area contributed by atoms with E-state index in [9.17, 15) is 4.79 Å². The molecule has 2 N–H and O–H groups in total. The van der Waals surface area contributed by atoms with Crippen LogP contribution in [-0.4, -0.2) is 54.0 Å². The van der Waals surface area contributed by atoms with Crippen molar-refractivity contribution in [3.8, 4) is 0 Å². The summed E-state index contributed by atoms with van der Waals surface area (Å²) in [5.41, 5.74) is 5.99.